The van der Waals surface area contributed by atoms with Crippen molar-refractivity contribution in [2.24, 2.45) is 0 Å². The zero-order valence-corrected chi connectivity index (χ0v) is 16.4. The van der Waals surface area contributed by atoms with Crippen LogP contribution >= 0.6 is 0 Å². The van der Waals surface area contributed by atoms with Gasteiger partial charge in [0.05, 0.1) is 6.61 Å². The number of amides is 2. The Labute approximate surface area is 169 Å². The van der Waals surface area contributed by atoms with E-state index in [4.69, 9.17) is 4.74 Å². The first-order chi connectivity index (χ1) is 14.0. The lowest BCUT2D eigenvalue weighted by Gasteiger charge is -2.07. The number of hydrogen-bond donors (Lipinski definition) is 2. The molecule has 0 fully saturated rings. The summed E-state index contributed by atoms with van der Waals surface area (Å²) >= 11 is 0. The van der Waals surface area contributed by atoms with Crippen LogP contribution in [0.5, 0.6) is 5.75 Å². The summed E-state index contributed by atoms with van der Waals surface area (Å²) in [5, 5.41) is 5.41. The second-order valence-electron chi connectivity index (χ2n) is 6.10. The summed E-state index contributed by atoms with van der Waals surface area (Å²) < 4.78 is 9.60. The van der Waals surface area contributed by atoms with Crippen LogP contribution in [-0.4, -0.2) is 37.7 Å². The summed E-state index contributed by atoms with van der Waals surface area (Å²) in [5.74, 6) is -0.245. The highest BCUT2D eigenvalue weighted by atomic mass is 16.7. The highest BCUT2D eigenvalue weighted by Crippen LogP contribution is 2.13. The van der Waals surface area contributed by atoms with Crippen LogP contribution in [0, 0.1) is 6.92 Å². The maximum Gasteiger partial charge on any atom is 0.513 e. The molecule has 152 valence electrons. The summed E-state index contributed by atoms with van der Waals surface area (Å²) in [5.41, 5.74) is 2.50. The van der Waals surface area contributed by atoms with Crippen molar-refractivity contribution in [3.63, 3.8) is 0 Å². The molecule has 2 aromatic rings. The van der Waals surface area contributed by atoms with Gasteiger partial charge in [0.25, 0.3) is 5.91 Å². The summed E-state index contributed by atoms with van der Waals surface area (Å²) in [6.45, 7) is 4.48. The fraction of sp³-hybridized carbons (Fsp3) is 0.227. The first kappa shape index (κ1) is 21.7. The lowest BCUT2D eigenvalue weighted by molar-refractivity contribution is -0.116. The van der Waals surface area contributed by atoms with Crippen molar-refractivity contribution in [1.82, 2.24) is 10.6 Å². The van der Waals surface area contributed by atoms with Crippen LogP contribution < -0.4 is 15.4 Å². The van der Waals surface area contributed by atoms with E-state index in [0.29, 0.717) is 12.1 Å². The van der Waals surface area contributed by atoms with Crippen LogP contribution in [0.4, 0.5) is 4.79 Å². The molecule has 7 heteroatoms. The van der Waals surface area contributed by atoms with Gasteiger partial charge in [-0.3, -0.25) is 9.59 Å². The Bertz CT molecular complexity index is 858. The fourth-order valence-corrected chi connectivity index (χ4v) is 2.29. The molecule has 0 aliphatic rings. The number of ether oxygens (including phenoxy) is 2. The predicted molar refractivity (Wildman–Crippen MR) is 110 cm³/mol. The van der Waals surface area contributed by atoms with Gasteiger partial charge in [0.2, 0.25) is 5.91 Å². The monoisotopic (exact) mass is 396 g/mol. The molecule has 0 atom stereocenters. The highest BCUT2D eigenvalue weighted by Gasteiger charge is 2.08. The number of carbonyl (C=O) groups excluding carboxylic acids is 3. The van der Waals surface area contributed by atoms with Gasteiger partial charge in [0, 0.05) is 24.7 Å². The second kappa shape index (κ2) is 11.3. The fourth-order valence-electron chi connectivity index (χ4n) is 2.29. The van der Waals surface area contributed by atoms with Crippen molar-refractivity contribution >= 4 is 24.0 Å². The highest BCUT2D eigenvalue weighted by molar-refractivity contribution is 5.94. The topological polar surface area (TPSA) is 93.7 Å². The minimum Gasteiger partial charge on any atom is -0.434 e. The Morgan fingerprint density at radius 1 is 0.931 bits per heavy atom. The lowest BCUT2D eigenvalue weighted by atomic mass is 10.1. The number of hydrogen-bond acceptors (Lipinski definition) is 5. The van der Waals surface area contributed by atoms with Gasteiger partial charge >= 0.3 is 6.16 Å². The average molecular weight is 396 g/mol. The molecule has 2 rings (SSSR count). The van der Waals surface area contributed by atoms with Crippen molar-refractivity contribution in [2.75, 3.05) is 19.7 Å². The average Bonchev–Trinajstić information content (AvgIpc) is 2.71. The van der Waals surface area contributed by atoms with Gasteiger partial charge in [0.15, 0.2) is 0 Å². The normalized spacial score (nSPS) is 10.4. The van der Waals surface area contributed by atoms with Gasteiger partial charge in [-0.2, -0.15) is 0 Å². The Kier molecular flexibility index (Phi) is 8.44. The quantitative estimate of drug-likeness (QED) is 0.310. The van der Waals surface area contributed by atoms with Gasteiger partial charge < -0.3 is 20.1 Å². The molecule has 0 saturated carbocycles. The standard InChI is InChI=1S/C22H24N2O5/c1-3-28-22(27)29-19-11-9-18(10-12-19)21(26)24-15-14-23-20(25)13-8-17-6-4-16(2)5-7-17/h4-13H,3,14-15H2,1-2H3,(H,23,25)(H,24,26)/b13-8+. The molecular weight excluding hydrogens is 372 g/mol. The lowest BCUT2D eigenvalue weighted by Crippen LogP contribution is -2.33. The van der Waals surface area contributed by atoms with Crippen molar-refractivity contribution in [2.45, 2.75) is 13.8 Å². The Balaban J connectivity index is 1.70. The molecular formula is C22H24N2O5. The maximum atomic E-state index is 12.1. The van der Waals surface area contributed by atoms with Crippen molar-refractivity contribution in [1.29, 1.82) is 0 Å². The van der Waals surface area contributed by atoms with E-state index in [2.05, 4.69) is 15.4 Å². The number of benzene rings is 2. The molecule has 2 N–H and O–H groups in total. The summed E-state index contributed by atoms with van der Waals surface area (Å²) in [6, 6.07) is 13.9. The molecule has 7 nitrogen and oxygen atoms in total. The van der Waals surface area contributed by atoms with Crippen LogP contribution in [0.25, 0.3) is 6.08 Å². The van der Waals surface area contributed by atoms with E-state index in [1.54, 1.807) is 13.0 Å². The number of nitrogens with one attached hydrogen (secondary N) is 2. The third kappa shape index (κ3) is 7.88. The van der Waals surface area contributed by atoms with Crippen molar-refractivity contribution < 1.29 is 23.9 Å². The molecule has 2 amide bonds. The van der Waals surface area contributed by atoms with Gasteiger partial charge in [-0.15, -0.1) is 0 Å². The smallest absolute Gasteiger partial charge is 0.434 e. The van der Waals surface area contributed by atoms with E-state index < -0.39 is 6.16 Å². The van der Waals surface area contributed by atoms with Crippen LogP contribution in [-0.2, 0) is 9.53 Å². The van der Waals surface area contributed by atoms with Gasteiger partial charge in [0.1, 0.15) is 5.75 Å². The second-order valence-corrected chi connectivity index (χ2v) is 6.10. The van der Waals surface area contributed by atoms with Gasteiger partial charge in [-0.25, -0.2) is 4.79 Å². The Hall–Kier alpha value is -3.61. The molecule has 0 heterocycles. The minimum atomic E-state index is -0.795. The van der Waals surface area contributed by atoms with Gasteiger partial charge in [-0.05, 0) is 49.8 Å². The molecule has 29 heavy (non-hydrogen) atoms. The zero-order chi connectivity index (χ0) is 21.1. The number of carbonyl (C=O) groups is 3. The SMILES string of the molecule is CCOC(=O)Oc1ccc(C(=O)NCCNC(=O)/C=C/c2ccc(C)cc2)cc1. The largest absolute Gasteiger partial charge is 0.513 e. The molecule has 0 aromatic heterocycles. The third-order valence-electron chi connectivity index (χ3n) is 3.79. The third-order valence-corrected chi connectivity index (χ3v) is 3.79. The zero-order valence-electron chi connectivity index (χ0n) is 16.4. The molecule has 0 aliphatic heterocycles. The van der Waals surface area contributed by atoms with Gasteiger partial charge in [-0.1, -0.05) is 29.8 Å². The minimum absolute atomic E-state index is 0.220. The number of aryl methyl sites for hydroxylation is 1. The first-order valence-corrected chi connectivity index (χ1v) is 9.23. The van der Waals surface area contributed by atoms with E-state index in [9.17, 15) is 14.4 Å². The molecule has 0 saturated heterocycles. The molecule has 0 bridgehead atoms. The molecule has 0 unspecified atom stereocenters. The van der Waals surface area contributed by atoms with Crippen molar-refractivity contribution in [3.05, 3.63) is 71.3 Å². The van der Waals surface area contributed by atoms with Crippen LogP contribution in [0.3, 0.4) is 0 Å². The Morgan fingerprint density at radius 3 is 2.24 bits per heavy atom. The van der Waals surface area contributed by atoms with Crippen LogP contribution in [0.2, 0.25) is 0 Å². The molecule has 0 spiro atoms. The van der Waals surface area contributed by atoms with E-state index in [-0.39, 0.29) is 30.7 Å². The predicted octanol–water partition coefficient (Wildman–Crippen LogP) is 3.09. The van der Waals surface area contributed by atoms with E-state index in [1.165, 1.54) is 30.3 Å². The molecule has 0 radical (unpaired) electrons. The van der Waals surface area contributed by atoms with Crippen LogP contribution in [0.15, 0.2) is 54.6 Å². The molecule has 0 aliphatic carbocycles. The number of rotatable bonds is 8. The first-order valence-electron chi connectivity index (χ1n) is 9.23. The molecule has 2 aromatic carbocycles. The van der Waals surface area contributed by atoms with Crippen LogP contribution in [0.1, 0.15) is 28.4 Å². The van der Waals surface area contributed by atoms with Crippen molar-refractivity contribution in [3.8, 4) is 5.75 Å². The summed E-state index contributed by atoms with van der Waals surface area (Å²) in [6.07, 6.45) is 2.39. The van der Waals surface area contributed by atoms with E-state index in [1.807, 2.05) is 31.2 Å². The van der Waals surface area contributed by atoms with E-state index in [0.717, 1.165) is 11.1 Å². The Morgan fingerprint density at radius 2 is 1.59 bits per heavy atom. The maximum absolute atomic E-state index is 12.1. The summed E-state index contributed by atoms with van der Waals surface area (Å²) in [4.78, 5) is 35.1. The van der Waals surface area contributed by atoms with E-state index >= 15 is 0 Å². The summed E-state index contributed by atoms with van der Waals surface area (Å²) in [7, 11) is 0.